The number of hydrogen-bond donors (Lipinski definition) is 1. The number of nitrogens with zero attached hydrogens (tertiary/aromatic N) is 5. The second-order valence-electron chi connectivity index (χ2n) is 8.09. The monoisotopic (exact) mass is 429 g/mol. The average molecular weight is 429 g/mol. The molecule has 164 valence electrons. The van der Waals surface area contributed by atoms with Crippen molar-refractivity contribution in [2.75, 3.05) is 13.1 Å². The van der Waals surface area contributed by atoms with Gasteiger partial charge in [0.1, 0.15) is 17.5 Å². The molecule has 0 aliphatic carbocycles. The molecular weight excluding hydrogens is 405 g/mol. The number of likely N-dealkylation sites (tertiary alicyclic amines) is 1. The molecule has 1 amide bonds. The Labute approximate surface area is 177 Å². The van der Waals surface area contributed by atoms with E-state index in [4.69, 9.17) is 4.74 Å². The van der Waals surface area contributed by atoms with Gasteiger partial charge in [-0.2, -0.15) is 5.10 Å². The SMILES string of the molecule is CC(C)OC(=O)N1CCC(O)(Cn2cnc3c(cnn3-c3ccc(F)cc3)c2=O)CC1. The van der Waals surface area contributed by atoms with E-state index in [1.165, 1.54) is 33.9 Å². The molecular formula is C21H24FN5O4. The first-order valence-corrected chi connectivity index (χ1v) is 10.1. The number of carbonyl (C=O) groups excluding carboxylic acids is 1. The third-order valence-electron chi connectivity index (χ3n) is 5.38. The lowest BCUT2D eigenvalue weighted by molar-refractivity contribution is -0.0353. The summed E-state index contributed by atoms with van der Waals surface area (Å²) in [6.07, 6.45) is 2.83. The van der Waals surface area contributed by atoms with Crippen LogP contribution in [0.4, 0.5) is 9.18 Å². The molecule has 1 fully saturated rings. The predicted molar refractivity (Wildman–Crippen MR) is 110 cm³/mol. The zero-order valence-corrected chi connectivity index (χ0v) is 17.4. The van der Waals surface area contributed by atoms with E-state index in [9.17, 15) is 19.1 Å². The van der Waals surface area contributed by atoms with E-state index in [-0.39, 0.29) is 24.0 Å². The summed E-state index contributed by atoms with van der Waals surface area (Å²) >= 11 is 0. The van der Waals surface area contributed by atoms with Gasteiger partial charge in [0.05, 0.1) is 30.1 Å². The molecule has 1 aliphatic rings. The quantitative estimate of drug-likeness (QED) is 0.681. The van der Waals surface area contributed by atoms with Gasteiger partial charge < -0.3 is 14.7 Å². The molecule has 31 heavy (non-hydrogen) atoms. The van der Waals surface area contributed by atoms with Crippen molar-refractivity contribution in [2.45, 2.75) is 44.9 Å². The Hall–Kier alpha value is -3.27. The zero-order chi connectivity index (χ0) is 22.2. The summed E-state index contributed by atoms with van der Waals surface area (Å²) in [7, 11) is 0. The first kappa shape index (κ1) is 21.0. The van der Waals surface area contributed by atoms with Crippen LogP contribution in [0.2, 0.25) is 0 Å². The zero-order valence-electron chi connectivity index (χ0n) is 17.4. The van der Waals surface area contributed by atoms with Crippen LogP contribution in [0.25, 0.3) is 16.7 Å². The van der Waals surface area contributed by atoms with Crippen molar-refractivity contribution >= 4 is 17.1 Å². The van der Waals surface area contributed by atoms with Crippen molar-refractivity contribution in [3.05, 3.63) is 53.0 Å². The van der Waals surface area contributed by atoms with Crippen molar-refractivity contribution in [3.63, 3.8) is 0 Å². The summed E-state index contributed by atoms with van der Waals surface area (Å²) in [5.41, 5.74) is -0.527. The first-order valence-electron chi connectivity index (χ1n) is 10.1. The summed E-state index contributed by atoms with van der Waals surface area (Å²) < 4.78 is 21.2. The molecule has 9 nitrogen and oxygen atoms in total. The van der Waals surface area contributed by atoms with Gasteiger partial charge in [0.15, 0.2) is 5.65 Å². The van der Waals surface area contributed by atoms with Crippen LogP contribution < -0.4 is 5.56 Å². The van der Waals surface area contributed by atoms with E-state index in [0.29, 0.717) is 42.7 Å². The Kier molecular flexibility index (Phi) is 5.48. The third-order valence-corrected chi connectivity index (χ3v) is 5.38. The van der Waals surface area contributed by atoms with Crippen LogP contribution in [-0.4, -0.2) is 60.2 Å². The fraction of sp³-hybridized carbons (Fsp3) is 0.429. The number of fused-ring (bicyclic) bond motifs is 1. The number of amides is 1. The molecule has 1 N–H and O–H groups in total. The van der Waals surface area contributed by atoms with Gasteiger partial charge in [0.2, 0.25) is 0 Å². The highest BCUT2D eigenvalue weighted by molar-refractivity contribution is 5.74. The van der Waals surface area contributed by atoms with E-state index >= 15 is 0 Å². The van der Waals surface area contributed by atoms with Crippen LogP contribution in [0.5, 0.6) is 0 Å². The maximum atomic E-state index is 13.2. The molecule has 4 rings (SSSR count). The van der Waals surface area contributed by atoms with Crippen molar-refractivity contribution in [2.24, 2.45) is 0 Å². The van der Waals surface area contributed by atoms with Gasteiger partial charge in [-0.05, 0) is 51.0 Å². The normalized spacial score (nSPS) is 16.1. The van der Waals surface area contributed by atoms with Crippen LogP contribution in [-0.2, 0) is 11.3 Å². The molecule has 0 radical (unpaired) electrons. The van der Waals surface area contributed by atoms with Crippen molar-refractivity contribution in [3.8, 4) is 5.69 Å². The second-order valence-corrected chi connectivity index (χ2v) is 8.09. The molecule has 0 unspecified atom stereocenters. The second kappa shape index (κ2) is 8.10. The van der Waals surface area contributed by atoms with Gasteiger partial charge >= 0.3 is 6.09 Å². The largest absolute Gasteiger partial charge is 0.447 e. The number of carbonyl (C=O) groups is 1. The molecule has 1 saturated heterocycles. The summed E-state index contributed by atoms with van der Waals surface area (Å²) in [5, 5.41) is 15.5. The summed E-state index contributed by atoms with van der Waals surface area (Å²) in [6, 6.07) is 5.72. The Balaban J connectivity index is 1.52. The van der Waals surface area contributed by atoms with Crippen molar-refractivity contribution in [1.29, 1.82) is 0 Å². The van der Waals surface area contributed by atoms with Crippen LogP contribution in [0.1, 0.15) is 26.7 Å². The number of piperidine rings is 1. The topological polar surface area (TPSA) is 102 Å². The Bertz CT molecular complexity index is 1150. The van der Waals surface area contributed by atoms with Crippen LogP contribution in [0.3, 0.4) is 0 Å². The summed E-state index contributed by atoms with van der Waals surface area (Å²) in [6.45, 7) is 4.31. The molecule has 0 spiro atoms. The molecule has 10 heteroatoms. The van der Waals surface area contributed by atoms with Gasteiger partial charge in [0, 0.05) is 13.1 Å². The highest BCUT2D eigenvalue weighted by Gasteiger charge is 2.35. The Morgan fingerprint density at radius 1 is 1.26 bits per heavy atom. The molecule has 0 saturated carbocycles. The molecule has 2 aromatic heterocycles. The molecule has 0 atom stereocenters. The predicted octanol–water partition coefficient (Wildman–Crippen LogP) is 2.09. The van der Waals surface area contributed by atoms with Gasteiger partial charge in [-0.1, -0.05) is 0 Å². The maximum Gasteiger partial charge on any atom is 0.410 e. The fourth-order valence-corrected chi connectivity index (χ4v) is 3.69. The molecule has 3 aromatic rings. The van der Waals surface area contributed by atoms with Gasteiger partial charge in [-0.15, -0.1) is 0 Å². The van der Waals surface area contributed by atoms with E-state index in [2.05, 4.69) is 10.1 Å². The summed E-state index contributed by atoms with van der Waals surface area (Å²) in [4.78, 5) is 30.9. The van der Waals surface area contributed by atoms with E-state index in [0.717, 1.165) is 0 Å². The van der Waals surface area contributed by atoms with Gasteiger partial charge in [-0.3, -0.25) is 9.36 Å². The highest BCUT2D eigenvalue weighted by Crippen LogP contribution is 2.24. The lowest BCUT2D eigenvalue weighted by atomic mass is 9.91. The molecule has 3 heterocycles. The summed E-state index contributed by atoms with van der Waals surface area (Å²) in [5.74, 6) is -0.368. The number of ether oxygens (including phenoxy) is 1. The maximum absolute atomic E-state index is 13.2. The third kappa shape index (κ3) is 4.29. The van der Waals surface area contributed by atoms with E-state index < -0.39 is 11.7 Å². The number of hydrogen-bond acceptors (Lipinski definition) is 6. The van der Waals surface area contributed by atoms with E-state index in [1.807, 2.05) is 0 Å². The number of halogens is 1. The minimum Gasteiger partial charge on any atom is -0.447 e. The van der Waals surface area contributed by atoms with Crippen LogP contribution in [0, 0.1) is 5.82 Å². The first-order chi connectivity index (χ1) is 14.8. The number of aromatic nitrogens is 4. The standard InChI is InChI=1S/C21H24FN5O4/c1-14(2)31-20(29)25-9-7-21(30,8-10-25)12-26-13-23-18-17(19(26)28)11-24-27(18)16-5-3-15(22)4-6-16/h3-6,11,13-14,30H,7-10,12H2,1-2H3. The Morgan fingerprint density at radius 2 is 1.94 bits per heavy atom. The Morgan fingerprint density at radius 3 is 2.58 bits per heavy atom. The number of rotatable bonds is 4. The van der Waals surface area contributed by atoms with E-state index in [1.54, 1.807) is 30.9 Å². The highest BCUT2D eigenvalue weighted by atomic mass is 19.1. The lowest BCUT2D eigenvalue weighted by Gasteiger charge is -2.38. The number of aliphatic hydroxyl groups is 1. The fourth-order valence-electron chi connectivity index (χ4n) is 3.69. The molecule has 0 bridgehead atoms. The lowest BCUT2D eigenvalue weighted by Crippen LogP contribution is -2.50. The number of benzene rings is 1. The average Bonchev–Trinajstić information content (AvgIpc) is 3.15. The van der Waals surface area contributed by atoms with Crippen molar-refractivity contribution in [1.82, 2.24) is 24.2 Å². The molecule has 1 aliphatic heterocycles. The van der Waals surface area contributed by atoms with Gasteiger partial charge in [0.25, 0.3) is 5.56 Å². The minimum atomic E-state index is -1.14. The van der Waals surface area contributed by atoms with Crippen molar-refractivity contribution < 1.29 is 19.0 Å². The van der Waals surface area contributed by atoms with Crippen LogP contribution >= 0.6 is 0 Å². The molecule has 1 aromatic carbocycles. The minimum absolute atomic E-state index is 0.0591. The smallest absolute Gasteiger partial charge is 0.410 e. The van der Waals surface area contributed by atoms with Crippen LogP contribution in [0.15, 0.2) is 41.6 Å². The van der Waals surface area contributed by atoms with Gasteiger partial charge in [-0.25, -0.2) is 18.9 Å².